The number of hydrogen-bond donors (Lipinski definition) is 0. The molecule has 6 nitrogen and oxygen atoms in total. The van der Waals surface area contributed by atoms with Gasteiger partial charge in [0.2, 0.25) is 0 Å². The number of benzene rings is 2. The molecule has 0 aliphatic rings. The number of nitrogens with zero attached hydrogens (tertiary/aromatic N) is 1. The van der Waals surface area contributed by atoms with E-state index in [2.05, 4.69) is 9.47 Å². The maximum Gasteiger partial charge on any atom is 0.573 e. The largest absolute Gasteiger partial charge is 0.573 e. The van der Waals surface area contributed by atoms with Crippen LogP contribution in [0, 0.1) is 10.1 Å². The Morgan fingerprint density at radius 1 is 1.19 bits per heavy atom. The van der Waals surface area contributed by atoms with Crippen LogP contribution in [0.25, 0.3) is 0 Å². The number of carbonyl (C=O) groups is 1. The number of methoxy groups -OCH3 is 1. The standard InChI is InChI=1S/C16H11ClF3NO5/c1-25-15(22)13-7-11(17)4-2-9(13)6-10-3-5-12(26-16(18,19)20)8-14(10)21(23)24/h2-5,7-8H,6H2,1H3. The lowest BCUT2D eigenvalue weighted by Gasteiger charge is -2.11. The molecular weight excluding hydrogens is 379 g/mol. The predicted molar refractivity (Wildman–Crippen MR) is 85.4 cm³/mol. The fourth-order valence-corrected chi connectivity index (χ4v) is 2.44. The van der Waals surface area contributed by atoms with Crippen molar-refractivity contribution in [2.45, 2.75) is 12.8 Å². The highest BCUT2D eigenvalue weighted by molar-refractivity contribution is 6.31. The molecule has 0 aliphatic heterocycles. The summed E-state index contributed by atoms with van der Waals surface area (Å²) in [5.74, 6) is -1.40. The first-order valence-corrected chi connectivity index (χ1v) is 7.38. The Labute approximate surface area is 150 Å². The van der Waals surface area contributed by atoms with Gasteiger partial charge >= 0.3 is 12.3 Å². The lowest BCUT2D eigenvalue weighted by atomic mass is 9.98. The summed E-state index contributed by atoms with van der Waals surface area (Å²) in [4.78, 5) is 22.2. The zero-order valence-corrected chi connectivity index (χ0v) is 13.9. The first kappa shape index (κ1) is 19.5. The van der Waals surface area contributed by atoms with Crippen LogP contribution >= 0.6 is 11.6 Å². The number of alkyl halides is 3. The van der Waals surface area contributed by atoms with Gasteiger partial charge in [-0.15, -0.1) is 13.2 Å². The van der Waals surface area contributed by atoms with Crippen LogP contribution in [0.1, 0.15) is 21.5 Å². The van der Waals surface area contributed by atoms with Crippen LogP contribution in [0.4, 0.5) is 18.9 Å². The SMILES string of the molecule is COC(=O)c1cc(Cl)ccc1Cc1ccc(OC(F)(F)F)cc1[N+](=O)[O-]. The van der Waals surface area contributed by atoms with E-state index in [4.69, 9.17) is 11.6 Å². The quantitative estimate of drug-likeness (QED) is 0.426. The molecule has 0 N–H and O–H groups in total. The van der Waals surface area contributed by atoms with Gasteiger partial charge in [-0.2, -0.15) is 0 Å². The van der Waals surface area contributed by atoms with Crippen LogP contribution in [0.5, 0.6) is 5.75 Å². The summed E-state index contributed by atoms with van der Waals surface area (Å²) in [5.41, 5.74) is -0.00623. The normalized spacial score (nSPS) is 11.1. The van der Waals surface area contributed by atoms with Gasteiger partial charge in [0, 0.05) is 17.0 Å². The Hall–Kier alpha value is -2.81. The average Bonchev–Trinajstić information content (AvgIpc) is 2.55. The van der Waals surface area contributed by atoms with Gasteiger partial charge in [0.05, 0.1) is 23.7 Å². The molecule has 2 aromatic rings. The van der Waals surface area contributed by atoms with E-state index in [-0.39, 0.29) is 22.6 Å². The molecule has 0 amide bonds. The summed E-state index contributed by atoms with van der Waals surface area (Å²) in [7, 11) is 1.17. The van der Waals surface area contributed by atoms with Crippen molar-refractivity contribution in [2.75, 3.05) is 7.11 Å². The summed E-state index contributed by atoms with van der Waals surface area (Å²) in [6, 6.07) is 7.08. The molecule has 0 aliphatic carbocycles. The Morgan fingerprint density at radius 2 is 1.85 bits per heavy atom. The highest BCUT2D eigenvalue weighted by Crippen LogP contribution is 2.31. The van der Waals surface area contributed by atoms with Gasteiger partial charge in [-0.1, -0.05) is 17.7 Å². The second-order valence-electron chi connectivity index (χ2n) is 5.07. The maximum absolute atomic E-state index is 12.3. The van der Waals surface area contributed by atoms with Crippen molar-refractivity contribution in [2.24, 2.45) is 0 Å². The van der Waals surface area contributed by atoms with Gasteiger partial charge < -0.3 is 9.47 Å². The molecule has 0 bridgehead atoms. The first-order valence-electron chi connectivity index (χ1n) is 7.00. The number of esters is 1. The minimum Gasteiger partial charge on any atom is -0.465 e. The van der Waals surface area contributed by atoms with E-state index in [1.807, 2.05) is 0 Å². The first-order chi connectivity index (χ1) is 12.1. The highest BCUT2D eigenvalue weighted by atomic mass is 35.5. The van der Waals surface area contributed by atoms with Crippen molar-refractivity contribution in [3.63, 3.8) is 0 Å². The number of halogens is 4. The van der Waals surface area contributed by atoms with Crippen LogP contribution < -0.4 is 4.74 Å². The zero-order valence-electron chi connectivity index (χ0n) is 13.2. The minimum atomic E-state index is -4.97. The maximum atomic E-state index is 12.3. The third-order valence-corrected chi connectivity index (χ3v) is 3.58. The molecule has 0 radical (unpaired) electrons. The van der Waals surface area contributed by atoms with Crippen molar-refractivity contribution in [3.8, 4) is 5.75 Å². The van der Waals surface area contributed by atoms with E-state index in [1.54, 1.807) is 0 Å². The van der Waals surface area contributed by atoms with Gasteiger partial charge in [0.1, 0.15) is 5.75 Å². The fourth-order valence-electron chi connectivity index (χ4n) is 2.27. The van der Waals surface area contributed by atoms with Crippen molar-refractivity contribution >= 4 is 23.3 Å². The van der Waals surface area contributed by atoms with Crippen LogP contribution in [-0.2, 0) is 11.2 Å². The third-order valence-electron chi connectivity index (χ3n) is 3.35. The van der Waals surface area contributed by atoms with Crippen LogP contribution in [0.15, 0.2) is 36.4 Å². The molecule has 2 rings (SSSR count). The van der Waals surface area contributed by atoms with E-state index >= 15 is 0 Å². The lowest BCUT2D eigenvalue weighted by Crippen LogP contribution is -2.17. The molecular formula is C16H11ClF3NO5. The van der Waals surface area contributed by atoms with Gasteiger partial charge in [-0.3, -0.25) is 10.1 Å². The topological polar surface area (TPSA) is 78.7 Å². The summed E-state index contributed by atoms with van der Waals surface area (Å²) < 4.78 is 45.2. The number of rotatable bonds is 5. The second-order valence-corrected chi connectivity index (χ2v) is 5.50. The molecule has 0 saturated carbocycles. The van der Waals surface area contributed by atoms with Gasteiger partial charge in [-0.05, 0) is 29.8 Å². The third kappa shape index (κ3) is 4.85. The number of ether oxygens (including phenoxy) is 2. The zero-order chi connectivity index (χ0) is 19.5. The summed E-state index contributed by atoms with van der Waals surface area (Å²) in [5, 5.41) is 11.5. The molecule has 0 aromatic heterocycles. The molecule has 0 unspecified atom stereocenters. The fraction of sp³-hybridized carbons (Fsp3) is 0.188. The van der Waals surface area contributed by atoms with Crippen LogP contribution in [0.2, 0.25) is 5.02 Å². The van der Waals surface area contributed by atoms with Crippen molar-refractivity contribution in [1.82, 2.24) is 0 Å². The van der Waals surface area contributed by atoms with E-state index in [0.717, 1.165) is 12.1 Å². The Bertz CT molecular complexity index is 854. The number of nitro groups is 1. The van der Waals surface area contributed by atoms with Crippen molar-refractivity contribution in [3.05, 3.63) is 68.2 Å². The van der Waals surface area contributed by atoms with Gasteiger partial charge in [-0.25, -0.2) is 4.79 Å². The van der Waals surface area contributed by atoms with E-state index in [0.29, 0.717) is 11.6 Å². The van der Waals surface area contributed by atoms with Gasteiger partial charge in [0.15, 0.2) is 0 Å². The predicted octanol–water partition coefficient (Wildman–Crippen LogP) is 4.52. The lowest BCUT2D eigenvalue weighted by molar-refractivity contribution is -0.385. The van der Waals surface area contributed by atoms with E-state index in [9.17, 15) is 28.1 Å². The molecule has 2 aromatic carbocycles. The van der Waals surface area contributed by atoms with Crippen LogP contribution in [0.3, 0.4) is 0 Å². The molecule has 0 saturated heterocycles. The van der Waals surface area contributed by atoms with Gasteiger partial charge in [0.25, 0.3) is 5.69 Å². The summed E-state index contributed by atoms with van der Waals surface area (Å²) >= 11 is 5.85. The molecule has 0 fully saturated rings. The minimum absolute atomic E-state index is 0.0930. The second kappa shape index (κ2) is 7.61. The Kier molecular flexibility index (Phi) is 5.71. The van der Waals surface area contributed by atoms with Crippen molar-refractivity contribution in [1.29, 1.82) is 0 Å². The number of nitro benzene ring substituents is 1. The van der Waals surface area contributed by atoms with E-state index < -0.39 is 28.7 Å². The molecule has 138 valence electrons. The highest BCUT2D eigenvalue weighted by Gasteiger charge is 2.32. The summed E-state index contributed by atoms with van der Waals surface area (Å²) in [6.45, 7) is 0. The molecule has 0 heterocycles. The Balaban J connectivity index is 2.44. The van der Waals surface area contributed by atoms with E-state index in [1.165, 1.54) is 25.3 Å². The monoisotopic (exact) mass is 389 g/mol. The van der Waals surface area contributed by atoms with Crippen molar-refractivity contribution < 1.29 is 32.4 Å². The average molecular weight is 390 g/mol. The number of hydrogen-bond acceptors (Lipinski definition) is 5. The van der Waals surface area contributed by atoms with Crippen LogP contribution in [-0.4, -0.2) is 24.4 Å². The molecule has 0 atom stereocenters. The number of carbonyl (C=O) groups excluding carboxylic acids is 1. The molecule has 0 spiro atoms. The smallest absolute Gasteiger partial charge is 0.465 e. The molecule has 10 heteroatoms. The summed E-state index contributed by atoms with van der Waals surface area (Å²) in [6.07, 6.45) is -5.06. The Morgan fingerprint density at radius 3 is 2.42 bits per heavy atom. The molecule has 26 heavy (non-hydrogen) atoms.